The van der Waals surface area contributed by atoms with Crippen molar-refractivity contribution >= 4 is 35.2 Å². The van der Waals surface area contributed by atoms with Crippen LogP contribution in [0, 0.1) is 5.92 Å². The van der Waals surface area contributed by atoms with E-state index >= 15 is 0 Å². The van der Waals surface area contributed by atoms with E-state index in [-0.39, 0.29) is 23.1 Å². The van der Waals surface area contributed by atoms with Crippen LogP contribution in [0.1, 0.15) is 36.8 Å². The monoisotopic (exact) mass is 417 g/mol. The van der Waals surface area contributed by atoms with Crippen LogP contribution in [0.2, 0.25) is 5.02 Å². The Morgan fingerprint density at radius 2 is 2.11 bits per heavy atom. The quantitative estimate of drug-likeness (QED) is 0.738. The van der Waals surface area contributed by atoms with E-state index in [1.807, 2.05) is 36.4 Å². The van der Waals surface area contributed by atoms with Gasteiger partial charge < -0.3 is 10.2 Å². The van der Waals surface area contributed by atoms with Gasteiger partial charge in [0.15, 0.2) is 0 Å². The molecule has 0 spiro atoms. The summed E-state index contributed by atoms with van der Waals surface area (Å²) in [6, 6.07) is 10.7. The Morgan fingerprint density at radius 3 is 2.79 bits per heavy atom. The van der Waals surface area contributed by atoms with E-state index in [0.29, 0.717) is 23.7 Å². The lowest BCUT2D eigenvalue weighted by atomic mass is 10.0. The van der Waals surface area contributed by atoms with Crippen LogP contribution < -0.4 is 5.32 Å². The Balaban J connectivity index is 1.83. The van der Waals surface area contributed by atoms with Gasteiger partial charge in [-0.15, -0.1) is 11.8 Å². The van der Waals surface area contributed by atoms with E-state index in [1.54, 1.807) is 17.3 Å². The van der Waals surface area contributed by atoms with Crippen molar-refractivity contribution in [2.75, 3.05) is 5.75 Å². The Morgan fingerprint density at radius 1 is 1.32 bits per heavy atom. The molecule has 28 heavy (non-hydrogen) atoms. The summed E-state index contributed by atoms with van der Waals surface area (Å²) in [7, 11) is 0. The first-order valence-electron chi connectivity index (χ1n) is 9.31. The second-order valence-corrected chi connectivity index (χ2v) is 8.69. The summed E-state index contributed by atoms with van der Waals surface area (Å²) in [5, 5.41) is 3.33. The van der Waals surface area contributed by atoms with Crippen LogP contribution in [0.3, 0.4) is 0 Å². The zero-order chi connectivity index (χ0) is 20.1. The molecular weight excluding hydrogens is 394 g/mol. The Kier molecular flexibility index (Phi) is 6.97. The molecule has 1 fully saturated rings. The van der Waals surface area contributed by atoms with Gasteiger partial charge in [-0.2, -0.15) is 0 Å². The molecule has 148 valence electrons. The summed E-state index contributed by atoms with van der Waals surface area (Å²) in [4.78, 5) is 31.6. The van der Waals surface area contributed by atoms with Gasteiger partial charge in [0.25, 0.3) is 0 Å². The van der Waals surface area contributed by atoms with Gasteiger partial charge in [-0.1, -0.05) is 49.7 Å². The first kappa shape index (κ1) is 20.7. The number of halogens is 1. The third kappa shape index (κ3) is 4.86. The first-order chi connectivity index (χ1) is 13.5. The standard InChI is InChI=1S/C21H24ClN3O2S/c1-14(2)10-18(20(27)24-12-15-6-5-9-23-11-15)25-19(26)13-28-21(25)16-7-3-4-8-17(16)22/h3-9,11,14,18,21H,10,12-13H2,1-2H3,(H,24,27)/t18-,21+/m1/s1. The van der Waals surface area contributed by atoms with Gasteiger partial charge in [0.2, 0.25) is 11.8 Å². The molecule has 0 aliphatic carbocycles. The molecule has 7 heteroatoms. The fourth-order valence-corrected chi connectivity index (χ4v) is 4.85. The molecule has 1 aliphatic heterocycles. The van der Waals surface area contributed by atoms with Crippen molar-refractivity contribution in [3.63, 3.8) is 0 Å². The maximum absolute atomic E-state index is 13.1. The fraction of sp³-hybridized carbons (Fsp3) is 0.381. The normalized spacial score (nSPS) is 17.8. The minimum atomic E-state index is -0.541. The topological polar surface area (TPSA) is 62.3 Å². The molecule has 0 radical (unpaired) electrons. The van der Waals surface area contributed by atoms with E-state index in [4.69, 9.17) is 11.6 Å². The second-order valence-electron chi connectivity index (χ2n) is 7.21. The highest BCUT2D eigenvalue weighted by Gasteiger charge is 2.41. The number of pyridine rings is 1. The van der Waals surface area contributed by atoms with E-state index in [1.165, 1.54) is 11.8 Å². The number of nitrogens with one attached hydrogen (secondary N) is 1. The lowest BCUT2D eigenvalue weighted by molar-refractivity contribution is -0.139. The van der Waals surface area contributed by atoms with Crippen molar-refractivity contribution in [3.8, 4) is 0 Å². The average molecular weight is 418 g/mol. The molecule has 2 atom stereocenters. The van der Waals surface area contributed by atoms with Crippen LogP contribution >= 0.6 is 23.4 Å². The van der Waals surface area contributed by atoms with Gasteiger partial charge in [-0.3, -0.25) is 14.6 Å². The molecule has 5 nitrogen and oxygen atoms in total. The van der Waals surface area contributed by atoms with Crippen molar-refractivity contribution in [2.45, 2.75) is 38.2 Å². The zero-order valence-electron chi connectivity index (χ0n) is 16.0. The Hall–Kier alpha value is -2.05. The lowest BCUT2D eigenvalue weighted by Crippen LogP contribution is -2.49. The molecule has 2 amide bonds. The predicted molar refractivity (Wildman–Crippen MR) is 113 cm³/mol. The maximum Gasteiger partial charge on any atom is 0.243 e. The van der Waals surface area contributed by atoms with E-state index in [0.717, 1.165) is 11.1 Å². The SMILES string of the molecule is CC(C)C[C@H](C(=O)NCc1cccnc1)N1C(=O)CS[C@H]1c1ccccc1Cl. The third-order valence-corrected chi connectivity index (χ3v) is 6.15. The Bertz CT molecular complexity index is 831. The number of hydrogen-bond acceptors (Lipinski definition) is 4. The number of hydrogen-bond donors (Lipinski definition) is 1. The Labute approximate surface area is 174 Å². The summed E-state index contributed by atoms with van der Waals surface area (Å²) < 4.78 is 0. The smallest absolute Gasteiger partial charge is 0.243 e. The summed E-state index contributed by atoms with van der Waals surface area (Å²) >= 11 is 7.90. The molecule has 1 saturated heterocycles. The number of benzene rings is 1. The van der Waals surface area contributed by atoms with Crippen LogP contribution in [0.5, 0.6) is 0 Å². The highest BCUT2D eigenvalue weighted by Crippen LogP contribution is 2.43. The number of thioether (sulfide) groups is 1. The minimum absolute atomic E-state index is 0.0305. The van der Waals surface area contributed by atoms with E-state index in [2.05, 4.69) is 24.1 Å². The van der Waals surface area contributed by atoms with Crippen LogP contribution in [0.4, 0.5) is 0 Å². The highest BCUT2D eigenvalue weighted by molar-refractivity contribution is 8.00. The predicted octanol–water partition coefficient (Wildman–Crippen LogP) is 4.04. The molecule has 1 aromatic carbocycles. The molecule has 0 unspecified atom stereocenters. The number of amides is 2. The van der Waals surface area contributed by atoms with Gasteiger partial charge in [0.1, 0.15) is 11.4 Å². The van der Waals surface area contributed by atoms with E-state index in [9.17, 15) is 9.59 Å². The second kappa shape index (κ2) is 9.43. The minimum Gasteiger partial charge on any atom is -0.350 e. The molecule has 0 saturated carbocycles. The zero-order valence-corrected chi connectivity index (χ0v) is 17.5. The lowest BCUT2D eigenvalue weighted by Gasteiger charge is -2.33. The molecule has 1 aromatic heterocycles. The molecule has 2 heterocycles. The summed E-state index contributed by atoms with van der Waals surface area (Å²) in [6.07, 6.45) is 4.01. The highest BCUT2D eigenvalue weighted by atomic mass is 35.5. The molecule has 2 aromatic rings. The molecular formula is C21H24ClN3O2S. The summed E-state index contributed by atoms with van der Waals surface area (Å²) in [6.45, 7) is 4.49. The van der Waals surface area contributed by atoms with Gasteiger partial charge in [-0.25, -0.2) is 0 Å². The molecule has 3 rings (SSSR count). The number of nitrogens with zero attached hydrogens (tertiary/aromatic N) is 2. The summed E-state index contributed by atoms with van der Waals surface area (Å²) in [5.41, 5.74) is 1.79. The van der Waals surface area contributed by atoms with Crippen LogP contribution in [-0.2, 0) is 16.1 Å². The van der Waals surface area contributed by atoms with Crippen molar-refractivity contribution in [3.05, 3.63) is 64.9 Å². The number of rotatable bonds is 7. The fourth-order valence-electron chi connectivity index (χ4n) is 3.29. The van der Waals surface area contributed by atoms with Gasteiger partial charge in [-0.05, 0) is 30.0 Å². The first-order valence-corrected chi connectivity index (χ1v) is 10.7. The number of aromatic nitrogens is 1. The third-order valence-electron chi connectivity index (χ3n) is 4.60. The van der Waals surface area contributed by atoms with Gasteiger partial charge >= 0.3 is 0 Å². The largest absolute Gasteiger partial charge is 0.350 e. The molecule has 1 aliphatic rings. The van der Waals surface area contributed by atoms with Crippen molar-refractivity contribution in [1.29, 1.82) is 0 Å². The number of carbonyl (C=O) groups excluding carboxylic acids is 2. The summed E-state index contributed by atoms with van der Waals surface area (Å²) in [5.74, 6) is 0.433. The average Bonchev–Trinajstić information content (AvgIpc) is 3.06. The van der Waals surface area contributed by atoms with Crippen molar-refractivity contribution in [2.24, 2.45) is 5.92 Å². The number of carbonyl (C=O) groups is 2. The molecule has 0 bridgehead atoms. The van der Waals surface area contributed by atoms with Crippen LogP contribution in [0.15, 0.2) is 48.8 Å². The van der Waals surface area contributed by atoms with Crippen LogP contribution in [-0.4, -0.2) is 33.5 Å². The maximum atomic E-state index is 13.1. The van der Waals surface area contributed by atoms with Crippen molar-refractivity contribution in [1.82, 2.24) is 15.2 Å². The van der Waals surface area contributed by atoms with Gasteiger partial charge in [0, 0.05) is 29.5 Å². The molecule has 1 N–H and O–H groups in total. The van der Waals surface area contributed by atoms with Gasteiger partial charge in [0.05, 0.1) is 5.75 Å². The van der Waals surface area contributed by atoms with E-state index < -0.39 is 6.04 Å². The van der Waals surface area contributed by atoms with Crippen molar-refractivity contribution < 1.29 is 9.59 Å². The van der Waals surface area contributed by atoms with Crippen LogP contribution in [0.25, 0.3) is 0 Å².